The van der Waals surface area contributed by atoms with Crippen molar-refractivity contribution in [2.75, 3.05) is 18.0 Å². The molecular weight excluding hydrogens is 371 g/mol. The third kappa shape index (κ3) is 5.08. The molecule has 1 aromatic heterocycles. The topological polar surface area (TPSA) is 58.1 Å². The van der Waals surface area contributed by atoms with Crippen molar-refractivity contribution in [2.24, 2.45) is 5.92 Å². The molecule has 26 heavy (non-hydrogen) atoms. The highest BCUT2D eigenvalue weighted by Gasteiger charge is 2.26. The van der Waals surface area contributed by atoms with Crippen LogP contribution < -0.4 is 10.2 Å². The van der Waals surface area contributed by atoms with Crippen LogP contribution in [0.15, 0.2) is 36.4 Å². The predicted octanol–water partition coefficient (Wildman–Crippen LogP) is 3.75. The molecule has 1 aliphatic rings. The minimum absolute atomic E-state index is 0.0409. The Bertz CT molecular complexity index is 728. The van der Waals surface area contributed by atoms with Gasteiger partial charge in [-0.25, -0.2) is 0 Å². The highest BCUT2D eigenvalue weighted by Crippen LogP contribution is 2.22. The van der Waals surface area contributed by atoms with E-state index >= 15 is 0 Å². The van der Waals surface area contributed by atoms with Crippen LogP contribution in [0.5, 0.6) is 0 Å². The van der Waals surface area contributed by atoms with Gasteiger partial charge in [-0.1, -0.05) is 35.3 Å². The Morgan fingerprint density at radius 3 is 2.46 bits per heavy atom. The third-order valence-corrected chi connectivity index (χ3v) is 5.11. The summed E-state index contributed by atoms with van der Waals surface area (Å²) in [5, 5.41) is 12.2. The SMILES string of the molecule is CC(Cc1ccc(Cl)cc1)NC(=O)C1CCN(c2ccc(Cl)nn2)CC1. The second-order valence-corrected chi connectivity index (χ2v) is 7.54. The van der Waals surface area contributed by atoms with Gasteiger partial charge >= 0.3 is 0 Å². The average molecular weight is 393 g/mol. The van der Waals surface area contributed by atoms with E-state index in [1.165, 1.54) is 5.56 Å². The molecule has 7 heteroatoms. The van der Waals surface area contributed by atoms with Gasteiger partial charge in [0.25, 0.3) is 0 Å². The molecule has 1 aliphatic heterocycles. The van der Waals surface area contributed by atoms with Crippen LogP contribution >= 0.6 is 23.2 Å². The number of anilines is 1. The summed E-state index contributed by atoms with van der Waals surface area (Å²) >= 11 is 11.7. The Kier molecular flexibility index (Phi) is 6.33. The van der Waals surface area contributed by atoms with Crippen molar-refractivity contribution in [1.82, 2.24) is 15.5 Å². The van der Waals surface area contributed by atoms with Crippen LogP contribution in [0.4, 0.5) is 5.82 Å². The largest absolute Gasteiger partial charge is 0.355 e. The normalized spacial score (nSPS) is 16.3. The Hall–Kier alpha value is -1.85. The maximum Gasteiger partial charge on any atom is 0.223 e. The summed E-state index contributed by atoms with van der Waals surface area (Å²) in [4.78, 5) is 14.7. The number of benzene rings is 1. The summed E-state index contributed by atoms with van der Waals surface area (Å²) in [5.41, 5.74) is 1.17. The van der Waals surface area contributed by atoms with E-state index in [4.69, 9.17) is 23.2 Å². The smallest absolute Gasteiger partial charge is 0.223 e. The molecule has 138 valence electrons. The second kappa shape index (κ2) is 8.69. The van der Waals surface area contributed by atoms with Crippen molar-refractivity contribution in [3.63, 3.8) is 0 Å². The average Bonchev–Trinajstić information content (AvgIpc) is 2.64. The first-order valence-electron chi connectivity index (χ1n) is 8.80. The summed E-state index contributed by atoms with van der Waals surface area (Å²) in [7, 11) is 0. The lowest BCUT2D eigenvalue weighted by atomic mass is 9.95. The molecule has 0 saturated carbocycles. The van der Waals surface area contributed by atoms with Crippen LogP contribution in [0, 0.1) is 5.92 Å². The Balaban J connectivity index is 1.47. The first-order valence-corrected chi connectivity index (χ1v) is 9.56. The van der Waals surface area contributed by atoms with E-state index < -0.39 is 0 Å². The number of amides is 1. The standard InChI is InChI=1S/C19H22Cl2N4O/c1-13(12-14-2-4-16(20)5-3-14)22-19(26)15-8-10-25(11-9-15)18-7-6-17(21)23-24-18/h2-7,13,15H,8-12H2,1H3,(H,22,26). The van der Waals surface area contributed by atoms with Gasteiger partial charge < -0.3 is 10.2 Å². The number of nitrogens with zero attached hydrogens (tertiary/aromatic N) is 3. The van der Waals surface area contributed by atoms with Gasteiger partial charge in [-0.05, 0) is 56.0 Å². The maximum absolute atomic E-state index is 12.5. The van der Waals surface area contributed by atoms with Gasteiger partial charge in [-0.3, -0.25) is 4.79 Å². The number of halogens is 2. The molecule has 0 spiro atoms. The van der Waals surface area contributed by atoms with Crippen LogP contribution in [0.25, 0.3) is 0 Å². The molecule has 1 amide bonds. The lowest BCUT2D eigenvalue weighted by Crippen LogP contribution is -2.43. The Morgan fingerprint density at radius 2 is 1.85 bits per heavy atom. The van der Waals surface area contributed by atoms with E-state index in [1.54, 1.807) is 6.07 Å². The molecule has 0 aliphatic carbocycles. The van der Waals surface area contributed by atoms with E-state index in [9.17, 15) is 4.79 Å². The number of piperidine rings is 1. The van der Waals surface area contributed by atoms with E-state index in [-0.39, 0.29) is 17.9 Å². The fraction of sp³-hybridized carbons (Fsp3) is 0.421. The van der Waals surface area contributed by atoms with Crippen LogP contribution in [-0.2, 0) is 11.2 Å². The highest BCUT2D eigenvalue weighted by atomic mass is 35.5. The summed E-state index contributed by atoms with van der Waals surface area (Å²) < 4.78 is 0. The number of carbonyl (C=O) groups excluding carboxylic acids is 1. The van der Waals surface area contributed by atoms with Crippen molar-refractivity contribution in [3.05, 3.63) is 52.1 Å². The number of rotatable bonds is 5. The summed E-state index contributed by atoms with van der Waals surface area (Å²) in [6.45, 7) is 3.62. The van der Waals surface area contributed by atoms with Gasteiger partial charge in [0.2, 0.25) is 5.91 Å². The number of nitrogens with one attached hydrogen (secondary N) is 1. The number of hydrogen-bond acceptors (Lipinski definition) is 4. The minimum Gasteiger partial charge on any atom is -0.355 e. The van der Waals surface area contributed by atoms with Crippen molar-refractivity contribution < 1.29 is 4.79 Å². The molecule has 1 aromatic carbocycles. The molecule has 1 N–H and O–H groups in total. The van der Waals surface area contributed by atoms with Gasteiger partial charge in [0.05, 0.1) is 0 Å². The molecule has 0 bridgehead atoms. The summed E-state index contributed by atoms with van der Waals surface area (Å²) in [5.74, 6) is 0.983. The van der Waals surface area contributed by atoms with Crippen LogP contribution in [-0.4, -0.2) is 35.2 Å². The fourth-order valence-corrected chi connectivity index (χ4v) is 3.46. The number of carbonyl (C=O) groups is 1. The Morgan fingerprint density at radius 1 is 1.15 bits per heavy atom. The lowest BCUT2D eigenvalue weighted by molar-refractivity contribution is -0.126. The highest BCUT2D eigenvalue weighted by molar-refractivity contribution is 6.30. The molecule has 5 nitrogen and oxygen atoms in total. The zero-order valence-corrected chi connectivity index (χ0v) is 16.2. The molecule has 0 radical (unpaired) electrons. The minimum atomic E-state index is 0.0409. The molecule has 1 unspecified atom stereocenters. The van der Waals surface area contributed by atoms with E-state index in [2.05, 4.69) is 20.4 Å². The van der Waals surface area contributed by atoms with Crippen molar-refractivity contribution in [1.29, 1.82) is 0 Å². The van der Waals surface area contributed by atoms with Crippen LogP contribution in [0.2, 0.25) is 10.2 Å². The van der Waals surface area contributed by atoms with Gasteiger partial charge in [0, 0.05) is 30.1 Å². The van der Waals surface area contributed by atoms with Crippen molar-refractivity contribution in [2.45, 2.75) is 32.2 Å². The zero-order chi connectivity index (χ0) is 18.5. The molecule has 2 heterocycles. The first kappa shape index (κ1) is 18.9. The maximum atomic E-state index is 12.5. The number of hydrogen-bond donors (Lipinski definition) is 1. The van der Waals surface area contributed by atoms with Crippen molar-refractivity contribution in [3.8, 4) is 0 Å². The Labute approximate surface area is 163 Å². The fourth-order valence-electron chi connectivity index (χ4n) is 3.23. The lowest BCUT2D eigenvalue weighted by Gasteiger charge is -2.32. The van der Waals surface area contributed by atoms with Gasteiger partial charge in [0.1, 0.15) is 0 Å². The zero-order valence-electron chi connectivity index (χ0n) is 14.7. The molecule has 3 rings (SSSR count). The second-order valence-electron chi connectivity index (χ2n) is 6.72. The van der Waals surface area contributed by atoms with Crippen LogP contribution in [0.1, 0.15) is 25.3 Å². The monoisotopic (exact) mass is 392 g/mol. The molecular formula is C19H22Cl2N4O. The molecule has 1 atom stereocenters. The summed E-state index contributed by atoms with van der Waals surface area (Å²) in [6, 6.07) is 11.4. The van der Waals surface area contributed by atoms with E-state index in [0.717, 1.165) is 43.2 Å². The molecule has 1 saturated heterocycles. The third-order valence-electron chi connectivity index (χ3n) is 4.65. The predicted molar refractivity (Wildman–Crippen MR) is 105 cm³/mol. The van der Waals surface area contributed by atoms with Crippen LogP contribution in [0.3, 0.4) is 0 Å². The first-order chi connectivity index (χ1) is 12.5. The van der Waals surface area contributed by atoms with Gasteiger partial charge in [-0.15, -0.1) is 10.2 Å². The molecule has 1 fully saturated rings. The number of aromatic nitrogens is 2. The van der Waals surface area contributed by atoms with Crippen molar-refractivity contribution >= 4 is 34.9 Å². The van der Waals surface area contributed by atoms with Gasteiger partial charge in [0.15, 0.2) is 11.0 Å². The molecule has 2 aromatic rings. The summed E-state index contributed by atoms with van der Waals surface area (Å²) in [6.07, 6.45) is 2.41. The van der Waals surface area contributed by atoms with Gasteiger partial charge in [-0.2, -0.15) is 0 Å². The van der Waals surface area contributed by atoms with E-state index in [1.807, 2.05) is 37.3 Å². The quantitative estimate of drug-likeness (QED) is 0.841. The van der Waals surface area contributed by atoms with E-state index in [0.29, 0.717) is 5.15 Å².